The molecular weight excluding hydrogens is 378 g/mol. The van der Waals surface area contributed by atoms with E-state index in [-0.39, 0.29) is 17.2 Å². The first-order valence-electron chi connectivity index (χ1n) is 9.52. The van der Waals surface area contributed by atoms with Gasteiger partial charge in [-0.2, -0.15) is 0 Å². The predicted molar refractivity (Wildman–Crippen MR) is 107 cm³/mol. The van der Waals surface area contributed by atoms with Gasteiger partial charge < -0.3 is 16.0 Å². The number of rotatable bonds is 6. The summed E-state index contributed by atoms with van der Waals surface area (Å²) in [4.78, 5) is 27.5. The van der Waals surface area contributed by atoms with Crippen LogP contribution < -0.4 is 16.0 Å². The van der Waals surface area contributed by atoms with Crippen LogP contribution >= 0.6 is 0 Å². The van der Waals surface area contributed by atoms with Gasteiger partial charge in [0.25, 0.3) is 0 Å². The Balaban J connectivity index is 1.78. The van der Waals surface area contributed by atoms with E-state index in [1.807, 2.05) is 42.2 Å². The lowest BCUT2D eigenvalue weighted by atomic mass is 10.0. The largest absolute Gasteiger partial charge is 0.366 e. The minimum absolute atomic E-state index is 0.102. The van der Waals surface area contributed by atoms with Crippen LogP contribution in [0.1, 0.15) is 28.9 Å². The number of nitrogens with two attached hydrogens (primary N) is 1. The highest BCUT2D eigenvalue weighted by atomic mass is 19.1. The van der Waals surface area contributed by atoms with E-state index in [0.29, 0.717) is 32.7 Å². The number of piperazine rings is 1. The molecule has 2 amide bonds. The van der Waals surface area contributed by atoms with E-state index in [1.54, 1.807) is 4.90 Å². The first kappa shape index (κ1) is 20.7. The van der Waals surface area contributed by atoms with Gasteiger partial charge in [0.2, 0.25) is 11.8 Å². The van der Waals surface area contributed by atoms with Crippen LogP contribution in [0.4, 0.5) is 14.5 Å². The van der Waals surface area contributed by atoms with Gasteiger partial charge in [-0.05, 0) is 24.6 Å². The van der Waals surface area contributed by atoms with E-state index in [9.17, 15) is 18.4 Å². The zero-order valence-electron chi connectivity index (χ0n) is 16.2. The molecule has 2 aromatic rings. The maximum atomic E-state index is 14.4. The second-order valence-electron chi connectivity index (χ2n) is 6.88. The fourth-order valence-electron chi connectivity index (χ4n) is 3.65. The van der Waals surface area contributed by atoms with Gasteiger partial charge in [-0.3, -0.25) is 14.5 Å². The third-order valence-corrected chi connectivity index (χ3v) is 5.01. The molecule has 3 N–H and O–H groups in total. The molecule has 0 aliphatic carbocycles. The number of halogens is 2. The van der Waals surface area contributed by atoms with Crippen LogP contribution in [-0.2, 0) is 4.79 Å². The molecule has 2 aromatic carbocycles. The summed E-state index contributed by atoms with van der Waals surface area (Å²) < 4.78 is 28.9. The van der Waals surface area contributed by atoms with Gasteiger partial charge in [-0.1, -0.05) is 30.3 Å². The summed E-state index contributed by atoms with van der Waals surface area (Å²) in [6, 6.07) is 10.9. The van der Waals surface area contributed by atoms with E-state index in [4.69, 9.17) is 5.73 Å². The number of anilines is 1. The van der Waals surface area contributed by atoms with Gasteiger partial charge in [0, 0.05) is 38.3 Å². The molecule has 6 nitrogen and oxygen atoms in total. The molecule has 1 atom stereocenters. The highest BCUT2D eigenvalue weighted by molar-refractivity contribution is 5.93. The Hall–Kier alpha value is -3.00. The molecule has 1 aliphatic heterocycles. The Kier molecular flexibility index (Phi) is 6.43. The van der Waals surface area contributed by atoms with Gasteiger partial charge in [-0.25, -0.2) is 8.78 Å². The van der Waals surface area contributed by atoms with Crippen molar-refractivity contribution in [3.05, 3.63) is 65.2 Å². The monoisotopic (exact) mass is 402 g/mol. The number of benzene rings is 2. The van der Waals surface area contributed by atoms with E-state index in [2.05, 4.69) is 5.32 Å². The van der Waals surface area contributed by atoms with Crippen molar-refractivity contribution in [3.8, 4) is 0 Å². The third kappa shape index (κ3) is 4.54. The Morgan fingerprint density at radius 3 is 2.17 bits per heavy atom. The van der Waals surface area contributed by atoms with Crippen molar-refractivity contribution in [2.75, 3.05) is 37.6 Å². The van der Waals surface area contributed by atoms with Gasteiger partial charge in [0.15, 0.2) is 0 Å². The van der Waals surface area contributed by atoms with Gasteiger partial charge in [-0.15, -0.1) is 0 Å². The summed E-state index contributed by atoms with van der Waals surface area (Å²) in [7, 11) is 0. The van der Waals surface area contributed by atoms with Crippen LogP contribution in [0.3, 0.4) is 0 Å². The molecule has 1 saturated heterocycles. The van der Waals surface area contributed by atoms with Crippen molar-refractivity contribution in [1.29, 1.82) is 0 Å². The average Bonchev–Trinajstić information content (AvgIpc) is 2.70. The zero-order valence-corrected chi connectivity index (χ0v) is 16.2. The molecule has 0 saturated carbocycles. The van der Waals surface area contributed by atoms with Crippen molar-refractivity contribution in [2.45, 2.75) is 13.0 Å². The Morgan fingerprint density at radius 1 is 1.07 bits per heavy atom. The topological polar surface area (TPSA) is 78.7 Å². The molecule has 29 heavy (non-hydrogen) atoms. The van der Waals surface area contributed by atoms with Crippen LogP contribution in [0.15, 0.2) is 42.5 Å². The van der Waals surface area contributed by atoms with Crippen LogP contribution in [-0.4, -0.2) is 49.4 Å². The molecule has 0 bridgehead atoms. The zero-order chi connectivity index (χ0) is 21.0. The molecule has 1 aliphatic rings. The molecule has 1 fully saturated rings. The highest BCUT2D eigenvalue weighted by Crippen LogP contribution is 2.28. The van der Waals surface area contributed by atoms with Crippen LogP contribution in [0.2, 0.25) is 0 Å². The third-order valence-electron chi connectivity index (χ3n) is 5.01. The summed E-state index contributed by atoms with van der Waals surface area (Å²) in [5, 5.41) is 2.86. The average molecular weight is 402 g/mol. The fourth-order valence-corrected chi connectivity index (χ4v) is 3.65. The van der Waals surface area contributed by atoms with Crippen molar-refractivity contribution in [1.82, 2.24) is 10.2 Å². The van der Waals surface area contributed by atoms with E-state index in [1.165, 1.54) is 0 Å². The van der Waals surface area contributed by atoms with Crippen molar-refractivity contribution < 1.29 is 18.4 Å². The van der Waals surface area contributed by atoms with Crippen LogP contribution in [0.25, 0.3) is 0 Å². The van der Waals surface area contributed by atoms with Crippen molar-refractivity contribution in [3.63, 3.8) is 0 Å². The molecule has 0 radical (unpaired) electrons. The van der Waals surface area contributed by atoms with Gasteiger partial charge in [0.05, 0.1) is 0 Å². The second-order valence-corrected chi connectivity index (χ2v) is 6.88. The molecule has 1 unspecified atom stereocenters. The lowest BCUT2D eigenvalue weighted by Gasteiger charge is -2.39. The molecule has 8 heteroatoms. The maximum Gasteiger partial charge on any atom is 0.248 e. The maximum absolute atomic E-state index is 14.4. The smallest absolute Gasteiger partial charge is 0.248 e. The lowest BCUT2D eigenvalue weighted by Crippen LogP contribution is -2.51. The normalized spacial score (nSPS) is 15.8. The van der Waals surface area contributed by atoms with E-state index >= 15 is 0 Å². The minimum atomic E-state index is -0.883. The van der Waals surface area contributed by atoms with Crippen LogP contribution in [0, 0.1) is 11.6 Å². The molecule has 0 aromatic heterocycles. The molecule has 0 spiro atoms. The number of nitrogens with zero attached hydrogens (tertiary/aromatic N) is 2. The van der Waals surface area contributed by atoms with Crippen LogP contribution in [0.5, 0.6) is 0 Å². The quantitative estimate of drug-likeness (QED) is 0.775. The van der Waals surface area contributed by atoms with E-state index in [0.717, 1.165) is 17.7 Å². The number of likely N-dealkylation sites (N-methyl/N-ethyl adjacent to an activating group) is 1. The number of primary amides is 1. The number of nitrogens with one attached hydrogen (secondary N) is 1. The van der Waals surface area contributed by atoms with Crippen molar-refractivity contribution >= 4 is 17.5 Å². The summed E-state index contributed by atoms with van der Waals surface area (Å²) in [5.41, 5.74) is 5.60. The number of amides is 2. The number of carbonyl (C=O) groups excluding carboxylic acids is 2. The second kappa shape index (κ2) is 9.00. The first-order chi connectivity index (χ1) is 13.9. The number of hydrogen-bond donors (Lipinski definition) is 2. The highest BCUT2D eigenvalue weighted by Gasteiger charge is 2.31. The predicted octanol–water partition coefficient (Wildman–Crippen LogP) is 2.06. The molecular formula is C21H24F2N4O2. The summed E-state index contributed by atoms with van der Waals surface area (Å²) in [6.07, 6.45) is 0. The number of carbonyl (C=O) groups is 2. The fraction of sp³-hybridized carbons (Fsp3) is 0.333. The lowest BCUT2D eigenvalue weighted by molar-refractivity contribution is -0.126. The van der Waals surface area contributed by atoms with Crippen molar-refractivity contribution in [2.24, 2.45) is 5.73 Å². The summed E-state index contributed by atoms with van der Waals surface area (Å²) in [5.74, 6) is -2.63. The summed E-state index contributed by atoms with van der Waals surface area (Å²) in [6.45, 7) is 3.96. The molecule has 154 valence electrons. The van der Waals surface area contributed by atoms with Gasteiger partial charge in [0.1, 0.15) is 23.4 Å². The SMILES string of the molecule is CCNC(=O)C(c1ccccc1)N1CCN(c2c(F)cc(C(N)=O)cc2F)CC1. The Morgan fingerprint density at radius 2 is 1.66 bits per heavy atom. The standard InChI is InChI=1S/C21H24F2N4O2/c1-2-25-21(29)18(14-6-4-3-5-7-14)26-8-10-27(11-9-26)19-16(22)12-15(20(24)28)13-17(19)23/h3-7,12-13,18H,2,8-11H2,1H3,(H2,24,28)(H,25,29). The first-order valence-corrected chi connectivity index (χ1v) is 9.52. The minimum Gasteiger partial charge on any atom is -0.366 e. The summed E-state index contributed by atoms with van der Waals surface area (Å²) >= 11 is 0. The van der Waals surface area contributed by atoms with E-state index < -0.39 is 23.6 Å². The molecule has 3 rings (SSSR count). The Bertz CT molecular complexity index is 860. The van der Waals surface area contributed by atoms with Gasteiger partial charge >= 0.3 is 0 Å². The number of hydrogen-bond acceptors (Lipinski definition) is 4. The Labute approximate surface area is 168 Å². The molecule has 1 heterocycles.